The smallest absolute Gasteiger partial charge is 0.169 e. The van der Waals surface area contributed by atoms with Crippen LogP contribution in [0, 0.1) is 0 Å². The summed E-state index contributed by atoms with van der Waals surface area (Å²) < 4.78 is 61.6. The van der Waals surface area contributed by atoms with Crippen molar-refractivity contribution in [1.29, 1.82) is 0 Å². The molecule has 1 aliphatic carbocycles. The van der Waals surface area contributed by atoms with Gasteiger partial charge in [0.25, 0.3) is 0 Å². The van der Waals surface area contributed by atoms with Crippen molar-refractivity contribution in [2.45, 2.75) is 107 Å². The fraction of sp³-hybridized carbons (Fsp3) is 0.333. The number of hydrogen-bond donors (Lipinski definition) is 1. The molecule has 1 N–H and O–H groups in total. The minimum Gasteiger partial charge on any atom is -0.388 e. The van der Waals surface area contributed by atoms with Crippen LogP contribution in [0.5, 0.6) is 0 Å². The van der Waals surface area contributed by atoms with Gasteiger partial charge in [0.1, 0.15) is 54.9 Å². The third-order valence-corrected chi connectivity index (χ3v) is 12.3. The van der Waals surface area contributed by atoms with Crippen LogP contribution in [0.3, 0.4) is 0 Å². The summed E-state index contributed by atoms with van der Waals surface area (Å²) in [6.45, 7) is 5.20. The number of hydrogen-bond acceptors (Lipinski definition) is 11. The summed E-state index contributed by atoms with van der Waals surface area (Å²) >= 11 is 0. The molecule has 1 saturated carbocycles. The summed E-state index contributed by atoms with van der Waals surface area (Å²) in [5.74, 6) is 0. The van der Waals surface area contributed by atoms with Gasteiger partial charge in [-0.1, -0.05) is 193 Å². The summed E-state index contributed by atoms with van der Waals surface area (Å²) in [7, 11) is 0. The molecule has 1 saturated heterocycles. The first-order chi connectivity index (χ1) is 34.6. The van der Waals surface area contributed by atoms with Crippen LogP contribution in [0.15, 0.2) is 200 Å². The highest BCUT2D eigenvalue weighted by molar-refractivity contribution is 5.19. The maximum absolute atomic E-state index is 12.1. The third-order valence-electron chi connectivity index (χ3n) is 12.3. The van der Waals surface area contributed by atoms with Gasteiger partial charge in [0.15, 0.2) is 6.29 Å². The van der Waals surface area contributed by atoms with Gasteiger partial charge in [-0.05, 0) is 38.9 Å². The van der Waals surface area contributed by atoms with Gasteiger partial charge in [-0.2, -0.15) is 0 Å². The molecule has 0 unspecified atom stereocenters. The van der Waals surface area contributed by atoms with Crippen LogP contribution >= 0.6 is 0 Å². The SMILES string of the molecule is C=CCO[C@@H]1[C@H](OCc2ccccc2)[C@@H](OCc2ccccc2)[C@H](OCc2ccccc2)[C@@H](OCc2ccccc2)[C@H]1O[C@@H]1O[C@H](COCc2ccccc2)[C@@H](O)[C@H](OCc2ccccc2)[C@H]1N=[N+]=[N-]. The monoisotopic (exact) mass is 947 g/mol. The second-order valence-corrected chi connectivity index (χ2v) is 17.2. The first-order valence-corrected chi connectivity index (χ1v) is 23.7. The highest BCUT2D eigenvalue weighted by Crippen LogP contribution is 2.39. The molecule has 2 fully saturated rings. The maximum atomic E-state index is 12.1. The van der Waals surface area contributed by atoms with E-state index in [4.69, 9.17) is 42.6 Å². The second kappa shape index (κ2) is 26.8. The summed E-state index contributed by atoms with van der Waals surface area (Å²) in [4.78, 5) is 3.25. The standard InChI is InChI=1S/C57H61N3O10/c1-2-33-63-54-52(66-37-44-27-15-6-16-28-44)51(65-36-43-25-13-5-14-26-43)53(67-38-45-29-17-7-18-30-45)55(68-39-46-31-19-8-20-32-46)56(54)70-57-48(59-60-58)50(64-35-42-23-11-4-12-24-42)49(61)47(69-57)40-62-34-41-21-9-3-10-22-41/h2-32,47-57,61H,1,33-40H2/t47-,48-,49-,50-,51-,52-,53+,54-,55-,56+,57+/m1/s1. The zero-order valence-corrected chi connectivity index (χ0v) is 39.1. The molecule has 1 aliphatic heterocycles. The van der Waals surface area contributed by atoms with E-state index in [-0.39, 0.29) is 52.9 Å². The van der Waals surface area contributed by atoms with Gasteiger partial charge in [0, 0.05) is 4.91 Å². The van der Waals surface area contributed by atoms with E-state index >= 15 is 0 Å². The van der Waals surface area contributed by atoms with Gasteiger partial charge in [0.2, 0.25) is 0 Å². The number of ether oxygens (including phenoxy) is 9. The van der Waals surface area contributed by atoms with Gasteiger partial charge in [0.05, 0.1) is 59.0 Å². The number of azide groups is 1. The molecule has 2 aliphatic rings. The lowest BCUT2D eigenvalue weighted by atomic mass is 9.83. The van der Waals surface area contributed by atoms with Crippen LogP contribution in [0.4, 0.5) is 0 Å². The van der Waals surface area contributed by atoms with Crippen molar-refractivity contribution in [3.05, 3.63) is 238 Å². The van der Waals surface area contributed by atoms with Crippen molar-refractivity contribution >= 4 is 0 Å². The summed E-state index contributed by atoms with van der Waals surface area (Å²) in [5.41, 5.74) is 15.7. The van der Waals surface area contributed by atoms with Crippen molar-refractivity contribution in [2.24, 2.45) is 5.11 Å². The molecule has 0 bridgehead atoms. The van der Waals surface area contributed by atoms with E-state index in [2.05, 4.69) is 16.6 Å². The third kappa shape index (κ3) is 14.1. The zero-order valence-electron chi connectivity index (χ0n) is 39.1. The Balaban J connectivity index is 1.21. The van der Waals surface area contributed by atoms with E-state index in [1.807, 2.05) is 182 Å². The van der Waals surface area contributed by atoms with Crippen LogP contribution in [-0.2, 0) is 82.3 Å². The fourth-order valence-electron chi connectivity index (χ4n) is 8.79. The Morgan fingerprint density at radius 1 is 0.471 bits per heavy atom. The van der Waals surface area contributed by atoms with Gasteiger partial charge >= 0.3 is 0 Å². The lowest BCUT2D eigenvalue weighted by molar-refractivity contribution is -0.338. The maximum Gasteiger partial charge on any atom is 0.169 e. The largest absolute Gasteiger partial charge is 0.388 e. The molecule has 13 heteroatoms. The van der Waals surface area contributed by atoms with E-state index in [0.717, 1.165) is 33.4 Å². The number of rotatable bonds is 25. The van der Waals surface area contributed by atoms with E-state index in [1.165, 1.54) is 0 Å². The van der Waals surface area contributed by atoms with Crippen LogP contribution < -0.4 is 0 Å². The molecule has 70 heavy (non-hydrogen) atoms. The van der Waals surface area contributed by atoms with Crippen molar-refractivity contribution in [3.63, 3.8) is 0 Å². The number of benzene rings is 6. The van der Waals surface area contributed by atoms with Crippen LogP contribution in [-0.4, -0.2) is 85.6 Å². The molecule has 1 heterocycles. The minimum absolute atomic E-state index is 0.0415. The van der Waals surface area contributed by atoms with Gasteiger partial charge < -0.3 is 47.7 Å². The van der Waals surface area contributed by atoms with Crippen LogP contribution in [0.2, 0.25) is 0 Å². The molecule has 364 valence electrons. The molecule has 8 rings (SSSR count). The van der Waals surface area contributed by atoms with Gasteiger partial charge in [-0.15, -0.1) is 6.58 Å². The lowest BCUT2D eigenvalue weighted by Gasteiger charge is -2.51. The Kier molecular flexibility index (Phi) is 19.3. The van der Waals surface area contributed by atoms with E-state index in [0.29, 0.717) is 0 Å². The van der Waals surface area contributed by atoms with Crippen molar-refractivity contribution in [1.82, 2.24) is 0 Å². The predicted octanol–water partition coefficient (Wildman–Crippen LogP) is 9.86. The Bertz CT molecular complexity index is 2460. The van der Waals surface area contributed by atoms with Gasteiger partial charge in [-0.3, -0.25) is 0 Å². The molecule has 0 radical (unpaired) electrons. The van der Waals surface area contributed by atoms with Crippen molar-refractivity contribution < 1.29 is 47.7 Å². The molecular weight excluding hydrogens is 887 g/mol. The molecule has 13 nitrogen and oxygen atoms in total. The molecule has 6 aromatic rings. The van der Waals surface area contributed by atoms with E-state index in [1.54, 1.807) is 6.08 Å². The van der Waals surface area contributed by atoms with Gasteiger partial charge in [-0.25, -0.2) is 0 Å². The molecule has 0 spiro atoms. The van der Waals surface area contributed by atoms with Crippen molar-refractivity contribution in [3.8, 4) is 0 Å². The lowest BCUT2D eigenvalue weighted by Crippen LogP contribution is -2.69. The number of aliphatic hydroxyl groups is 1. The topological polar surface area (TPSA) is 152 Å². The fourth-order valence-corrected chi connectivity index (χ4v) is 8.79. The average molecular weight is 948 g/mol. The Hall–Kier alpha value is -6.03. The number of aliphatic hydroxyl groups excluding tert-OH is 1. The highest BCUT2D eigenvalue weighted by atomic mass is 16.7. The normalized spacial score (nSPS) is 25.4. The molecule has 0 aromatic heterocycles. The molecule has 11 atom stereocenters. The van der Waals surface area contributed by atoms with E-state index in [9.17, 15) is 10.6 Å². The summed E-state index contributed by atoms with van der Waals surface area (Å²) in [5, 5.41) is 16.3. The molecular formula is C57H61N3O10. The first-order valence-electron chi connectivity index (χ1n) is 23.7. The molecule has 6 aromatic carbocycles. The Morgan fingerprint density at radius 2 is 0.800 bits per heavy atom. The predicted molar refractivity (Wildman–Crippen MR) is 264 cm³/mol. The zero-order chi connectivity index (χ0) is 48.2. The molecule has 0 amide bonds. The Labute approximate surface area is 410 Å². The summed E-state index contributed by atoms with van der Waals surface area (Å²) in [6.07, 6.45) is -8.49. The second-order valence-electron chi connectivity index (χ2n) is 17.2. The highest BCUT2D eigenvalue weighted by Gasteiger charge is 2.57. The van der Waals surface area contributed by atoms with Crippen LogP contribution in [0.1, 0.15) is 33.4 Å². The van der Waals surface area contributed by atoms with Crippen LogP contribution in [0.25, 0.3) is 10.4 Å². The average Bonchev–Trinajstić information content (AvgIpc) is 3.41. The quantitative estimate of drug-likeness (QED) is 0.0254. The van der Waals surface area contributed by atoms with E-state index < -0.39 is 67.3 Å². The first kappa shape index (κ1) is 50.4. The summed E-state index contributed by atoms with van der Waals surface area (Å²) in [6, 6.07) is 57.5. The number of nitrogens with zero attached hydrogens (tertiary/aromatic N) is 3. The Morgan fingerprint density at radius 3 is 1.16 bits per heavy atom. The van der Waals surface area contributed by atoms with Crippen molar-refractivity contribution in [2.75, 3.05) is 13.2 Å². The minimum atomic E-state index is -1.33.